The van der Waals surface area contributed by atoms with Crippen molar-refractivity contribution in [3.05, 3.63) is 35.6 Å². The Morgan fingerprint density at radius 3 is 2.38 bits per heavy atom. The molecule has 0 saturated carbocycles. The molecule has 1 aromatic carbocycles. The summed E-state index contributed by atoms with van der Waals surface area (Å²) in [6, 6.07) is 5.36. The van der Waals surface area contributed by atoms with Crippen LogP contribution in [0.25, 0.3) is 0 Å². The minimum Gasteiger partial charge on any atom is -0.465 e. The second kappa shape index (κ2) is 6.41. The predicted octanol–water partition coefficient (Wildman–Crippen LogP) is 1.64. The number of carbonyl (C=O) groups excluding carboxylic acids is 1. The van der Waals surface area contributed by atoms with Crippen molar-refractivity contribution in [2.24, 2.45) is 0 Å². The van der Waals surface area contributed by atoms with E-state index in [2.05, 4.69) is 15.4 Å². The van der Waals surface area contributed by atoms with Gasteiger partial charge in [-0.25, -0.2) is 9.18 Å². The average molecular weight is 271 g/mol. The van der Waals surface area contributed by atoms with E-state index >= 15 is 0 Å². The lowest BCUT2D eigenvalue weighted by Gasteiger charge is -1.96. The van der Waals surface area contributed by atoms with Crippen LogP contribution in [0.15, 0.2) is 24.3 Å². The van der Waals surface area contributed by atoms with Crippen molar-refractivity contribution in [3.8, 4) is 0 Å². The van der Waals surface area contributed by atoms with E-state index in [9.17, 15) is 9.18 Å². The third-order valence-electron chi connectivity index (χ3n) is 1.25. The molecule has 0 heterocycles. The van der Waals surface area contributed by atoms with Crippen molar-refractivity contribution in [1.29, 1.82) is 0 Å². The van der Waals surface area contributed by atoms with Gasteiger partial charge in [0, 0.05) is 10.7 Å². The van der Waals surface area contributed by atoms with Crippen molar-refractivity contribution in [1.82, 2.24) is 0 Å². The first-order valence-corrected chi connectivity index (χ1v) is 6.01. The van der Waals surface area contributed by atoms with E-state index in [0.717, 1.165) is 6.07 Å². The van der Waals surface area contributed by atoms with Gasteiger partial charge in [-0.1, -0.05) is 6.07 Å². The van der Waals surface area contributed by atoms with Crippen molar-refractivity contribution < 1.29 is 26.9 Å². The molecule has 0 aliphatic heterocycles. The van der Waals surface area contributed by atoms with Crippen LogP contribution in [0.5, 0.6) is 0 Å². The summed E-state index contributed by atoms with van der Waals surface area (Å²) < 4.78 is 42.0. The summed E-state index contributed by atoms with van der Waals surface area (Å²) in [5.74, 6) is -0.961. The van der Waals surface area contributed by atoms with E-state index in [-0.39, 0.29) is 5.56 Å². The van der Waals surface area contributed by atoms with Gasteiger partial charge in [0.05, 0.1) is 12.7 Å². The number of rotatable bonds is 1. The fraction of sp³-hybridized carbons (Fsp3) is 0.125. The summed E-state index contributed by atoms with van der Waals surface area (Å²) in [6.45, 7) is 0. The number of ether oxygens (including phenoxy) is 1. The number of hydrogen-bond acceptors (Lipinski definition) is 4. The lowest BCUT2D eigenvalue weighted by molar-refractivity contribution is 0.0600. The number of benzene rings is 1. The smallest absolute Gasteiger partial charge is 0.353 e. The molecule has 0 aromatic heterocycles. The van der Waals surface area contributed by atoms with Gasteiger partial charge in [0.1, 0.15) is 5.82 Å². The number of carbonyl (C=O) groups is 1. The van der Waals surface area contributed by atoms with E-state index in [1.54, 1.807) is 0 Å². The van der Waals surface area contributed by atoms with Crippen LogP contribution in [0.4, 0.5) is 4.39 Å². The lowest BCUT2D eigenvalue weighted by atomic mass is 10.2. The number of halogens is 2. The maximum Gasteiger partial charge on any atom is 0.353 e. The molecule has 1 rings (SSSR count). The van der Waals surface area contributed by atoms with Crippen LogP contribution < -0.4 is 0 Å². The second-order valence-corrected chi connectivity index (χ2v) is 4.41. The molecule has 0 spiro atoms. The normalized spacial score (nSPS) is 10.0. The van der Waals surface area contributed by atoms with Gasteiger partial charge in [-0.05, 0) is 18.2 Å². The van der Waals surface area contributed by atoms with Crippen LogP contribution >= 0.6 is 10.7 Å². The van der Waals surface area contributed by atoms with Gasteiger partial charge in [-0.3, -0.25) is 4.55 Å². The SMILES string of the molecule is COC(=O)c1cccc(F)c1.O=S(=O)(O)Cl. The second-order valence-electron chi connectivity index (χ2n) is 2.41. The first-order chi connectivity index (χ1) is 7.24. The molecular weight excluding hydrogens is 263 g/mol. The fourth-order valence-electron chi connectivity index (χ4n) is 0.733. The summed E-state index contributed by atoms with van der Waals surface area (Å²) in [7, 11) is 1.12. The monoisotopic (exact) mass is 270 g/mol. The number of esters is 1. The van der Waals surface area contributed by atoms with E-state index < -0.39 is 21.1 Å². The van der Waals surface area contributed by atoms with Gasteiger partial charge in [-0.15, -0.1) is 0 Å². The summed E-state index contributed by atoms with van der Waals surface area (Å²) >= 11 is 0. The molecule has 1 aromatic rings. The lowest BCUT2D eigenvalue weighted by Crippen LogP contribution is -2.00. The van der Waals surface area contributed by atoms with Crippen molar-refractivity contribution in [2.75, 3.05) is 7.11 Å². The maximum atomic E-state index is 12.5. The largest absolute Gasteiger partial charge is 0.465 e. The number of hydrogen-bond donors (Lipinski definition) is 1. The Bertz CT molecular complexity index is 451. The molecule has 1 N–H and O–H groups in total. The molecule has 0 saturated heterocycles. The summed E-state index contributed by atoms with van der Waals surface area (Å²) in [4.78, 5) is 10.8. The van der Waals surface area contributed by atoms with Crippen LogP contribution in [-0.2, 0) is 14.1 Å². The van der Waals surface area contributed by atoms with E-state index in [1.165, 1.54) is 25.3 Å². The molecule has 0 amide bonds. The van der Waals surface area contributed by atoms with Gasteiger partial charge >= 0.3 is 15.3 Å². The first kappa shape index (κ1) is 14.8. The molecule has 0 aliphatic rings. The van der Waals surface area contributed by atoms with Crippen LogP contribution in [0.2, 0.25) is 0 Å². The van der Waals surface area contributed by atoms with Crippen LogP contribution in [-0.4, -0.2) is 26.0 Å². The average Bonchev–Trinajstić information content (AvgIpc) is 2.14. The van der Waals surface area contributed by atoms with Crippen LogP contribution in [0, 0.1) is 5.82 Å². The van der Waals surface area contributed by atoms with E-state index in [4.69, 9.17) is 13.0 Å². The molecule has 5 nitrogen and oxygen atoms in total. The highest BCUT2D eigenvalue weighted by atomic mass is 35.7. The minimum atomic E-state index is -4.19. The molecule has 0 aliphatic carbocycles. The van der Waals surface area contributed by atoms with Crippen molar-refractivity contribution >= 4 is 26.0 Å². The van der Waals surface area contributed by atoms with Crippen LogP contribution in [0.1, 0.15) is 10.4 Å². The van der Waals surface area contributed by atoms with E-state index in [1.807, 2.05) is 0 Å². The highest BCUT2D eigenvalue weighted by Gasteiger charge is 2.04. The third-order valence-corrected chi connectivity index (χ3v) is 1.25. The molecule has 0 unspecified atom stereocenters. The van der Waals surface area contributed by atoms with Gasteiger partial charge in [0.15, 0.2) is 0 Å². The quantitative estimate of drug-likeness (QED) is 0.477. The molecule has 0 fully saturated rings. The van der Waals surface area contributed by atoms with E-state index in [0.29, 0.717) is 0 Å². The summed E-state index contributed by atoms with van der Waals surface area (Å²) in [5, 5.41) is 0. The zero-order valence-corrected chi connectivity index (χ0v) is 9.63. The Kier molecular flexibility index (Phi) is 5.94. The highest BCUT2D eigenvalue weighted by Crippen LogP contribution is 2.03. The Labute approximate surface area is 96.0 Å². The molecule has 0 radical (unpaired) electrons. The van der Waals surface area contributed by atoms with Gasteiger partial charge in [0.2, 0.25) is 0 Å². The van der Waals surface area contributed by atoms with Gasteiger partial charge in [0.25, 0.3) is 0 Å². The highest BCUT2D eigenvalue weighted by molar-refractivity contribution is 8.09. The molecule has 8 heteroatoms. The molecular formula is C8H8ClFO5S. The molecule has 90 valence electrons. The maximum absolute atomic E-state index is 12.5. The minimum absolute atomic E-state index is 0.229. The van der Waals surface area contributed by atoms with Gasteiger partial charge < -0.3 is 4.74 Å². The Morgan fingerprint density at radius 2 is 2.00 bits per heavy atom. The topological polar surface area (TPSA) is 80.7 Å². The van der Waals surface area contributed by atoms with Crippen LogP contribution in [0.3, 0.4) is 0 Å². The first-order valence-electron chi connectivity index (χ1n) is 3.75. The fourth-order valence-corrected chi connectivity index (χ4v) is 0.733. The standard InChI is InChI=1S/C8H7FO2.ClHO3S/c1-11-8(10)6-3-2-4-7(9)5-6;1-5(2,3)4/h2-5H,1H3;(H,2,3,4). The Hall–Kier alpha value is -1.18. The summed E-state index contributed by atoms with van der Waals surface area (Å²) in [5.41, 5.74) is 0.229. The third kappa shape index (κ3) is 8.16. The molecule has 0 bridgehead atoms. The zero-order chi connectivity index (χ0) is 12.8. The van der Waals surface area contributed by atoms with Gasteiger partial charge in [-0.2, -0.15) is 8.42 Å². The Balaban J connectivity index is 0.000000385. The predicted molar refractivity (Wildman–Crippen MR) is 55.1 cm³/mol. The summed E-state index contributed by atoms with van der Waals surface area (Å²) in [6.07, 6.45) is 0. The number of methoxy groups -OCH3 is 1. The van der Waals surface area contributed by atoms with Crippen molar-refractivity contribution in [3.63, 3.8) is 0 Å². The molecule has 16 heavy (non-hydrogen) atoms. The zero-order valence-electron chi connectivity index (χ0n) is 8.05. The molecule has 0 atom stereocenters. The van der Waals surface area contributed by atoms with Crippen molar-refractivity contribution in [2.45, 2.75) is 0 Å². The Morgan fingerprint density at radius 1 is 1.50 bits per heavy atom.